The number of fused-ring (bicyclic) bond motifs is 1. The van der Waals surface area contributed by atoms with E-state index in [4.69, 9.17) is 0 Å². The lowest BCUT2D eigenvalue weighted by Crippen LogP contribution is -2.41. The fourth-order valence-electron chi connectivity index (χ4n) is 5.88. The van der Waals surface area contributed by atoms with Gasteiger partial charge in [-0.05, 0) is 86.8 Å². The summed E-state index contributed by atoms with van der Waals surface area (Å²) in [5.74, 6) is -0.274. The zero-order valence-corrected chi connectivity index (χ0v) is 21.2. The Morgan fingerprint density at radius 1 is 0.944 bits per heavy atom. The van der Waals surface area contributed by atoms with E-state index in [1.807, 2.05) is 35.2 Å². The van der Waals surface area contributed by atoms with Gasteiger partial charge in [-0.25, -0.2) is 8.42 Å². The maximum absolute atomic E-state index is 13.3. The first-order chi connectivity index (χ1) is 17.5. The van der Waals surface area contributed by atoms with Gasteiger partial charge >= 0.3 is 0 Å². The van der Waals surface area contributed by atoms with E-state index in [-0.39, 0.29) is 23.1 Å². The molecule has 6 rings (SSSR count). The highest BCUT2D eigenvalue weighted by molar-refractivity contribution is 7.93. The number of carbonyl (C=O) groups is 1. The predicted octanol–water partition coefficient (Wildman–Crippen LogP) is 4.94. The Labute approximate surface area is 213 Å². The van der Waals surface area contributed by atoms with Crippen LogP contribution in [-0.4, -0.2) is 43.6 Å². The zero-order chi connectivity index (χ0) is 24.9. The van der Waals surface area contributed by atoms with E-state index in [1.165, 1.54) is 6.42 Å². The summed E-state index contributed by atoms with van der Waals surface area (Å²) in [6.45, 7) is 1.62. The van der Waals surface area contributed by atoms with Crippen LogP contribution in [0.2, 0.25) is 0 Å². The SMILES string of the molecule is N#CC1c2ccc(C(=O)N3CCCCC3)cc2N(C2CCC2)C1c1ccc(NS(=O)(=O)C2CC2)cc1. The van der Waals surface area contributed by atoms with E-state index in [0.29, 0.717) is 17.3 Å². The van der Waals surface area contributed by atoms with Crippen molar-refractivity contribution in [2.45, 2.75) is 74.6 Å². The van der Waals surface area contributed by atoms with Crippen molar-refractivity contribution < 1.29 is 13.2 Å². The van der Waals surface area contributed by atoms with Crippen molar-refractivity contribution in [1.82, 2.24) is 4.90 Å². The Morgan fingerprint density at radius 2 is 1.67 bits per heavy atom. The molecule has 1 saturated heterocycles. The molecule has 4 aliphatic rings. The molecule has 2 aromatic rings. The van der Waals surface area contributed by atoms with Gasteiger partial charge in [-0.3, -0.25) is 9.52 Å². The van der Waals surface area contributed by atoms with Crippen LogP contribution in [0.15, 0.2) is 42.5 Å². The molecule has 1 N–H and O–H groups in total. The smallest absolute Gasteiger partial charge is 0.253 e. The highest BCUT2D eigenvalue weighted by Crippen LogP contribution is 2.52. The number of amides is 1. The molecular formula is C28H32N4O3S. The number of rotatable bonds is 6. The molecule has 2 atom stereocenters. The van der Waals surface area contributed by atoms with Crippen LogP contribution in [0, 0.1) is 11.3 Å². The third kappa shape index (κ3) is 4.13. The van der Waals surface area contributed by atoms with Crippen molar-refractivity contribution in [2.75, 3.05) is 22.7 Å². The highest BCUT2D eigenvalue weighted by atomic mass is 32.2. The van der Waals surface area contributed by atoms with Crippen molar-refractivity contribution >= 4 is 27.3 Å². The molecule has 1 amide bonds. The normalized spacial score (nSPS) is 24.1. The van der Waals surface area contributed by atoms with Crippen molar-refractivity contribution in [3.63, 3.8) is 0 Å². The van der Waals surface area contributed by atoms with E-state index in [1.54, 1.807) is 12.1 Å². The Kier molecular flexibility index (Phi) is 5.91. The topological polar surface area (TPSA) is 93.5 Å². The van der Waals surface area contributed by atoms with E-state index in [0.717, 1.165) is 74.8 Å². The Bertz CT molecular complexity index is 1300. The fourth-order valence-corrected chi connectivity index (χ4v) is 7.27. The lowest BCUT2D eigenvalue weighted by molar-refractivity contribution is 0.0724. The molecule has 2 aromatic carbocycles. The van der Waals surface area contributed by atoms with E-state index in [2.05, 4.69) is 15.7 Å². The van der Waals surface area contributed by atoms with Crippen LogP contribution < -0.4 is 9.62 Å². The minimum atomic E-state index is -3.32. The summed E-state index contributed by atoms with van der Waals surface area (Å²) >= 11 is 0. The molecule has 2 saturated carbocycles. The van der Waals surface area contributed by atoms with Gasteiger partial charge in [0.25, 0.3) is 5.91 Å². The van der Waals surface area contributed by atoms with Gasteiger partial charge in [0.05, 0.1) is 23.3 Å². The largest absolute Gasteiger partial charge is 0.360 e. The second-order valence-corrected chi connectivity index (χ2v) is 12.6. The van der Waals surface area contributed by atoms with Gasteiger partial charge in [-0.1, -0.05) is 18.2 Å². The first-order valence-electron chi connectivity index (χ1n) is 13.2. The van der Waals surface area contributed by atoms with Crippen LogP contribution in [0.5, 0.6) is 0 Å². The van der Waals surface area contributed by atoms with E-state index >= 15 is 0 Å². The van der Waals surface area contributed by atoms with Crippen LogP contribution >= 0.6 is 0 Å². The molecule has 188 valence electrons. The molecule has 7 nitrogen and oxygen atoms in total. The average Bonchev–Trinajstić information content (AvgIpc) is 3.68. The van der Waals surface area contributed by atoms with Gasteiger partial charge < -0.3 is 9.80 Å². The molecule has 2 aliphatic carbocycles. The summed E-state index contributed by atoms with van der Waals surface area (Å²) in [4.78, 5) is 17.6. The molecule has 3 fully saturated rings. The molecule has 36 heavy (non-hydrogen) atoms. The van der Waals surface area contributed by atoms with Crippen molar-refractivity contribution in [3.05, 3.63) is 59.2 Å². The van der Waals surface area contributed by atoms with Gasteiger partial charge in [0, 0.05) is 36.1 Å². The number of sulfonamides is 1. The zero-order valence-electron chi connectivity index (χ0n) is 20.4. The maximum Gasteiger partial charge on any atom is 0.253 e. The second kappa shape index (κ2) is 9.11. The summed E-state index contributed by atoms with van der Waals surface area (Å²) in [6, 6.07) is 16.1. The monoisotopic (exact) mass is 504 g/mol. The van der Waals surface area contributed by atoms with Gasteiger partial charge in [0.2, 0.25) is 10.0 Å². The van der Waals surface area contributed by atoms with Crippen LogP contribution in [0.4, 0.5) is 11.4 Å². The van der Waals surface area contributed by atoms with Gasteiger partial charge in [-0.15, -0.1) is 0 Å². The summed E-state index contributed by atoms with van der Waals surface area (Å²) in [6.07, 6.45) is 8.01. The van der Waals surface area contributed by atoms with E-state index < -0.39 is 10.0 Å². The molecule has 2 aliphatic heterocycles. The number of piperidine rings is 1. The van der Waals surface area contributed by atoms with Gasteiger partial charge in [0.15, 0.2) is 0 Å². The number of hydrogen-bond acceptors (Lipinski definition) is 5. The molecule has 0 bridgehead atoms. The average molecular weight is 505 g/mol. The first-order valence-corrected chi connectivity index (χ1v) is 14.7. The molecule has 8 heteroatoms. The van der Waals surface area contributed by atoms with Crippen LogP contribution in [0.3, 0.4) is 0 Å². The molecule has 0 spiro atoms. The van der Waals surface area contributed by atoms with Gasteiger partial charge in [-0.2, -0.15) is 5.26 Å². The Hall–Kier alpha value is -3.05. The maximum atomic E-state index is 13.3. The van der Waals surface area contributed by atoms with Crippen LogP contribution in [0.25, 0.3) is 0 Å². The quantitative estimate of drug-likeness (QED) is 0.602. The molecule has 0 radical (unpaired) electrons. The van der Waals surface area contributed by atoms with Crippen LogP contribution in [0.1, 0.15) is 84.8 Å². The summed E-state index contributed by atoms with van der Waals surface area (Å²) < 4.78 is 27.4. The molecular weight excluding hydrogens is 472 g/mol. The predicted molar refractivity (Wildman–Crippen MR) is 139 cm³/mol. The van der Waals surface area contributed by atoms with Crippen LogP contribution in [-0.2, 0) is 10.0 Å². The fraction of sp³-hybridized carbons (Fsp3) is 0.500. The number of hydrogen-bond donors (Lipinski definition) is 1. The minimum Gasteiger partial charge on any atom is -0.360 e. The Morgan fingerprint density at radius 3 is 2.28 bits per heavy atom. The first kappa shape index (κ1) is 23.4. The number of benzene rings is 2. The number of nitrogens with one attached hydrogen (secondary N) is 1. The lowest BCUT2D eigenvalue weighted by atomic mass is 9.87. The highest BCUT2D eigenvalue weighted by Gasteiger charge is 2.44. The minimum absolute atomic E-state index is 0.0790. The third-order valence-corrected chi connectivity index (χ3v) is 10.1. The number of nitrogens with zero attached hydrogens (tertiary/aromatic N) is 3. The number of likely N-dealkylation sites (tertiary alicyclic amines) is 1. The molecule has 2 unspecified atom stereocenters. The summed E-state index contributed by atoms with van der Waals surface area (Å²) in [5.41, 5.74) is 4.21. The van der Waals surface area contributed by atoms with E-state index in [9.17, 15) is 18.5 Å². The third-order valence-electron chi connectivity index (χ3n) is 8.23. The van der Waals surface area contributed by atoms with Crippen molar-refractivity contribution in [2.24, 2.45) is 0 Å². The second-order valence-electron chi connectivity index (χ2n) is 10.6. The number of anilines is 2. The summed E-state index contributed by atoms with van der Waals surface area (Å²) in [7, 11) is -3.32. The Balaban J connectivity index is 1.32. The van der Waals surface area contributed by atoms with Crippen molar-refractivity contribution in [3.8, 4) is 6.07 Å². The number of carbonyl (C=O) groups excluding carboxylic acids is 1. The molecule has 2 heterocycles. The standard InChI is InChI=1S/C28H32N4O3S/c29-18-25-24-14-9-20(28(33)31-15-2-1-3-16-31)17-26(24)32(22-5-4-6-22)27(25)19-7-10-21(11-8-19)30-36(34,35)23-12-13-23/h7-11,14,17,22-23,25,27,30H,1-6,12-13,15-16H2. The van der Waals surface area contributed by atoms with Gasteiger partial charge in [0.1, 0.15) is 0 Å². The number of nitriles is 1. The summed E-state index contributed by atoms with van der Waals surface area (Å²) in [5, 5.41) is 9.97. The van der Waals surface area contributed by atoms with Crippen molar-refractivity contribution in [1.29, 1.82) is 5.26 Å². The lowest BCUT2D eigenvalue weighted by Gasteiger charge is -2.41. The molecule has 0 aromatic heterocycles.